The first-order valence-corrected chi connectivity index (χ1v) is 9.72. The van der Waals surface area contributed by atoms with Crippen molar-refractivity contribution in [3.63, 3.8) is 0 Å². The van der Waals surface area contributed by atoms with E-state index in [1.807, 2.05) is 29.2 Å². The van der Waals surface area contributed by atoms with Gasteiger partial charge in [0.05, 0.1) is 11.7 Å². The number of benzene rings is 2. The maximum atomic E-state index is 13.3. The Hall–Kier alpha value is -3.48. The zero-order valence-electron chi connectivity index (χ0n) is 15.7. The summed E-state index contributed by atoms with van der Waals surface area (Å²) < 4.78 is 13.3. The van der Waals surface area contributed by atoms with Gasteiger partial charge >= 0.3 is 0 Å². The molecule has 2 N–H and O–H groups in total. The number of nitrogens with one attached hydrogen (secondary N) is 2. The van der Waals surface area contributed by atoms with Gasteiger partial charge in [-0.25, -0.2) is 4.39 Å². The van der Waals surface area contributed by atoms with Crippen LogP contribution < -0.4 is 0 Å². The van der Waals surface area contributed by atoms with Gasteiger partial charge < -0.3 is 4.90 Å². The lowest BCUT2D eigenvalue weighted by Crippen LogP contribution is -2.39. The molecule has 6 nitrogen and oxygen atoms in total. The van der Waals surface area contributed by atoms with E-state index >= 15 is 0 Å². The SMILES string of the molecule is O=C(c1n[nH]c2ccccc12)N1CCC[C@H](c2[nH]ncc2-c2ccc(F)cc2)C1. The molecular weight excluding hydrogens is 369 g/mol. The number of amides is 1. The number of fused-ring (bicyclic) bond motifs is 1. The van der Waals surface area contributed by atoms with E-state index in [1.165, 1.54) is 12.1 Å². The number of H-pyrrole nitrogens is 2. The average Bonchev–Trinajstić information content (AvgIpc) is 3.41. The molecule has 5 rings (SSSR count). The monoisotopic (exact) mass is 389 g/mol. The number of rotatable bonds is 3. The number of para-hydroxylation sites is 1. The summed E-state index contributed by atoms with van der Waals surface area (Å²) in [5, 5.41) is 15.4. The second-order valence-corrected chi connectivity index (χ2v) is 7.41. The summed E-state index contributed by atoms with van der Waals surface area (Å²) >= 11 is 0. The number of likely N-dealkylation sites (tertiary alicyclic amines) is 1. The summed E-state index contributed by atoms with van der Waals surface area (Å²) in [6, 6.07) is 14.1. The van der Waals surface area contributed by atoms with Crippen molar-refractivity contribution in [2.75, 3.05) is 13.1 Å². The molecule has 1 aliphatic rings. The normalized spacial score (nSPS) is 17.0. The van der Waals surface area contributed by atoms with Gasteiger partial charge in [-0.1, -0.05) is 30.3 Å². The minimum Gasteiger partial charge on any atom is -0.337 e. The van der Waals surface area contributed by atoms with Gasteiger partial charge in [-0.3, -0.25) is 15.0 Å². The van der Waals surface area contributed by atoms with E-state index in [0.29, 0.717) is 18.8 Å². The van der Waals surface area contributed by atoms with Crippen molar-refractivity contribution >= 4 is 16.8 Å². The third kappa shape index (κ3) is 3.18. The number of hydrogen-bond acceptors (Lipinski definition) is 3. The summed E-state index contributed by atoms with van der Waals surface area (Å²) in [4.78, 5) is 15.0. The van der Waals surface area contributed by atoms with E-state index in [1.54, 1.807) is 18.3 Å². The molecule has 1 amide bonds. The third-order valence-corrected chi connectivity index (χ3v) is 5.61. The molecule has 0 saturated carbocycles. The number of carbonyl (C=O) groups is 1. The maximum absolute atomic E-state index is 13.3. The van der Waals surface area contributed by atoms with Crippen LogP contribution in [0.1, 0.15) is 34.9 Å². The number of halogens is 1. The van der Waals surface area contributed by atoms with Crippen LogP contribution in [0.4, 0.5) is 4.39 Å². The summed E-state index contributed by atoms with van der Waals surface area (Å²) in [5.41, 5.74) is 4.17. The van der Waals surface area contributed by atoms with E-state index in [2.05, 4.69) is 20.4 Å². The van der Waals surface area contributed by atoms with E-state index in [9.17, 15) is 9.18 Å². The fourth-order valence-corrected chi connectivity index (χ4v) is 4.14. The summed E-state index contributed by atoms with van der Waals surface area (Å²) in [6.45, 7) is 1.30. The quantitative estimate of drug-likeness (QED) is 0.553. The van der Waals surface area contributed by atoms with Crippen LogP contribution in [0.25, 0.3) is 22.0 Å². The van der Waals surface area contributed by atoms with E-state index < -0.39 is 0 Å². The maximum Gasteiger partial charge on any atom is 0.275 e. The minimum atomic E-state index is -0.264. The number of aromatic amines is 2. The van der Waals surface area contributed by atoms with Crippen molar-refractivity contribution in [1.82, 2.24) is 25.3 Å². The zero-order valence-corrected chi connectivity index (χ0v) is 15.7. The van der Waals surface area contributed by atoms with Crippen LogP contribution in [0.3, 0.4) is 0 Å². The summed E-state index contributed by atoms with van der Waals surface area (Å²) in [5.74, 6) is -0.185. The molecule has 0 radical (unpaired) electrons. The van der Waals surface area contributed by atoms with Gasteiger partial charge in [0.1, 0.15) is 5.82 Å². The number of piperidine rings is 1. The highest BCUT2D eigenvalue weighted by Crippen LogP contribution is 2.33. The summed E-state index contributed by atoms with van der Waals surface area (Å²) in [7, 11) is 0. The number of nitrogens with zero attached hydrogens (tertiary/aromatic N) is 3. The van der Waals surface area contributed by atoms with Crippen molar-refractivity contribution in [3.05, 3.63) is 71.9 Å². The Labute approximate surface area is 166 Å². The Morgan fingerprint density at radius 1 is 1.10 bits per heavy atom. The molecule has 3 heterocycles. The predicted octanol–water partition coefficient (Wildman–Crippen LogP) is 4.11. The van der Waals surface area contributed by atoms with Crippen LogP contribution in [0.5, 0.6) is 0 Å². The average molecular weight is 389 g/mol. The largest absolute Gasteiger partial charge is 0.337 e. The lowest BCUT2D eigenvalue weighted by Gasteiger charge is -2.32. The predicted molar refractivity (Wildman–Crippen MR) is 108 cm³/mol. The molecule has 4 aromatic rings. The zero-order chi connectivity index (χ0) is 19.8. The standard InChI is InChI=1S/C22H20FN5O/c23-16-9-7-14(8-10-16)18-12-24-26-20(18)15-4-3-11-28(13-15)22(29)21-17-5-1-2-6-19(17)25-27-21/h1-2,5-10,12,15H,3-4,11,13H2,(H,24,26)(H,25,27)/t15-/m0/s1. The van der Waals surface area contributed by atoms with E-state index in [4.69, 9.17) is 0 Å². The van der Waals surface area contributed by atoms with Crippen molar-refractivity contribution < 1.29 is 9.18 Å². The van der Waals surface area contributed by atoms with Gasteiger partial charge in [-0.2, -0.15) is 10.2 Å². The van der Waals surface area contributed by atoms with Crippen molar-refractivity contribution in [2.24, 2.45) is 0 Å². The molecule has 1 aliphatic heterocycles. The molecule has 0 bridgehead atoms. The molecule has 0 aliphatic carbocycles. The second kappa shape index (κ2) is 7.16. The van der Waals surface area contributed by atoms with Crippen LogP contribution in [0, 0.1) is 5.82 Å². The lowest BCUT2D eigenvalue weighted by atomic mass is 9.90. The molecule has 0 spiro atoms. The highest BCUT2D eigenvalue weighted by atomic mass is 19.1. The Morgan fingerprint density at radius 2 is 1.93 bits per heavy atom. The highest BCUT2D eigenvalue weighted by Gasteiger charge is 2.29. The fourth-order valence-electron chi connectivity index (χ4n) is 4.14. The Morgan fingerprint density at radius 3 is 2.79 bits per heavy atom. The van der Waals surface area contributed by atoms with E-state index in [0.717, 1.165) is 40.6 Å². The molecule has 29 heavy (non-hydrogen) atoms. The van der Waals surface area contributed by atoms with Gasteiger partial charge in [-0.05, 0) is 36.6 Å². The van der Waals surface area contributed by atoms with Gasteiger partial charge in [0.25, 0.3) is 5.91 Å². The lowest BCUT2D eigenvalue weighted by molar-refractivity contribution is 0.0702. The second-order valence-electron chi connectivity index (χ2n) is 7.41. The Kier molecular flexibility index (Phi) is 4.35. The van der Waals surface area contributed by atoms with Gasteiger partial charge in [0.2, 0.25) is 0 Å². The molecule has 146 valence electrons. The molecule has 0 unspecified atom stereocenters. The number of aromatic nitrogens is 4. The topological polar surface area (TPSA) is 77.7 Å². The molecular formula is C22H20FN5O. The molecule has 1 fully saturated rings. The number of hydrogen-bond donors (Lipinski definition) is 2. The van der Waals surface area contributed by atoms with E-state index in [-0.39, 0.29) is 17.6 Å². The fraction of sp³-hybridized carbons (Fsp3) is 0.227. The first-order valence-electron chi connectivity index (χ1n) is 9.72. The molecule has 2 aromatic carbocycles. The Balaban J connectivity index is 1.41. The first kappa shape index (κ1) is 17.6. The molecule has 2 aromatic heterocycles. The van der Waals surface area contributed by atoms with Crippen molar-refractivity contribution in [3.8, 4) is 11.1 Å². The van der Waals surface area contributed by atoms with Crippen LogP contribution in [0.15, 0.2) is 54.7 Å². The van der Waals surface area contributed by atoms with Crippen LogP contribution in [0.2, 0.25) is 0 Å². The smallest absolute Gasteiger partial charge is 0.275 e. The molecule has 1 atom stereocenters. The van der Waals surface area contributed by atoms with Gasteiger partial charge in [0.15, 0.2) is 5.69 Å². The van der Waals surface area contributed by atoms with Crippen LogP contribution in [-0.4, -0.2) is 44.3 Å². The van der Waals surface area contributed by atoms with Crippen LogP contribution in [-0.2, 0) is 0 Å². The molecule has 1 saturated heterocycles. The van der Waals surface area contributed by atoms with Gasteiger partial charge in [0, 0.05) is 35.7 Å². The van der Waals surface area contributed by atoms with Crippen LogP contribution >= 0.6 is 0 Å². The minimum absolute atomic E-state index is 0.0602. The Bertz CT molecular complexity index is 1160. The first-order chi connectivity index (χ1) is 14.2. The molecule has 7 heteroatoms. The van der Waals surface area contributed by atoms with Gasteiger partial charge in [-0.15, -0.1) is 0 Å². The van der Waals surface area contributed by atoms with Crippen molar-refractivity contribution in [2.45, 2.75) is 18.8 Å². The number of carbonyl (C=O) groups excluding carboxylic acids is 1. The summed E-state index contributed by atoms with van der Waals surface area (Å²) in [6.07, 6.45) is 3.63. The van der Waals surface area contributed by atoms with Crippen molar-refractivity contribution in [1.29, 1.82) is 0 Å². The third-order valence-electron chi connectivity index (χ3n) is 5.61. The highest BCUT2D eigenvalue weighted by molar-refractivity contribution is 6.04.